The Morgan fingerprint density at radius 1 is 0.711 bits per heavy atom. The lowest BCUT2D eigenvalue weighted by Crippen LogP contribution is -2.20. The van der Waals surface area contributed by atoms with Gasteiger partial charge in [0.25, 0.3) is 0 Å². The maximum atomic E-state index is 12.5. The van der Waals surface area contributed by atoms with Gasteiger partial charge in [0.1, 0.15) is 17.6 Å². The summed E-state index contributed by atoms with van der Waals surface area (Å²) in [5.41, 5.74) is 0.861. The smallest absolute Gasteiger partial charge is 0.343 e. The van der Waals surface area contributed by atoms with Crippen LogP contribution in [0.1, 0.15) is 91.3 Å². The fourth-order valence-electron chi connectivity index (χ4n) is 4.25. The van der Waals surface area contributed by atoms with E-state index in [0.29, 0.717) is 35.8 Å². The normalized spacial score (nSPS) is 13.4. The van der Waals surface area contributed by atoms with Crippen LogP contribution in [0.15, 0.2) is 61.2 Å². The van der Waals surface area contributed by atoms with Crippen LogP contribution in [0.3, 0.4) is 0 Å². The summed E-state index contributed by atoms with van der Waals surface area (Å²) in [7, 11) is 0. The molecule has 38 heavy (non-hydrogen) atoms. The van der Waals surface area contributed by atoms with Crippen LogP contribution < -0.4 is 9.47 Å². The highest BCUT2D eigenvalue weighted by molar-refractivity contribution is 5.92. The van der Waals surface area contributed by atoms with E-state index in [1.807, 2.05) is 0 Å². The number of ether oxygens (including phenoxy) is 4. The third kappa shape index (κ3) is 10.4. The van der Waals surface area contributed by atoms with Gasteiger partial charge < -0.3 is 18.9 Å². The predicted molar refractivity (Wildman–Crippen MR) is 144 cm³/mol. The van der Waals surface area contributed by atoms with Gasteiger partial charge in [-0.2, -0.15) is 0 Å². The Labute approximate surface area is 225 Å². The van der Waals surface area contributed by atoms with E-state index < -0.39 is 5.97 Å². The van der Waals surface area contributed by atoms with Crippen molar-refractivity contribution in [3.05, 3.63) is 72.3 Å². The van der Waals surface area contributed by atoms with Gasteiger partial charge in [-0.1, -0.05) is 38.7 Å². The van der Waals surface area contributed by atoms with Crippen LogP contribution >= 0.6 is 0 Å². The van der Waals surface area contributed by atoms with Crippen molar-refractivity contribution >= 4 is 17.9 Å². The second-order valence-corrected chi connectivity index (χ2v) is 9.45. The number of esters is 3. The number of unbranched alkanes of at least 4 members (excludes halogenated alkanes) is 5. The summed E-state index contributed by atoms with van der Waals surface area (Å²) < 4.78 is 21.7. The van der Waals surface area contributed by atoms with Gasteiger partial charge in [0.05, 0.1) is 24.3 Å². The maximum absolute atomic E-state index is 12.5. The Balaban J connectivity index is 1.30. The second kappa shape index (κ2) is 16.3. The molecule has 0 heterocycles. The van der Waals surface area contributed by atoms with Crippen LogP contribution in [-0.4, -0.2) is 37.2 Å². The first kappa shape index (κ1) is 29.0. The van der Waals surface area contributed by atoms with E-state index in [2.05, 4.69) is 6.58 Å². The summed E-state index contributed by atoms with van der Waals surface area (Å²) in [6.45, 7) is 4.42. The number of rotatable bonds is 15. The van der Waals surface area contributed by atoms with E-state index in [9.17, 15) is 14.4 Å². The average Bonchev–Trinajstić information content (AvgIpc) is 2.95. The molecule has 0 unspecified atom stereocenters. The molecule has 204 valence electrons. The molecule has 0 aliphatic heterocycles. The first-order valence-corrected chi connectivity index (χ1v) is 13.6. The molecular formula is C31H38O7. The van der Waals surface area contributed by atoms with Gasteiger partial charge in [-0.05, 0) is 87.1 Å². The molecule has 0 N–H and O–H groups in total. The number of hydrogen-bond acceptors (Lipinski definition) is 7. The van der Waals surface area contributed by atoms with E-state index >= 15 is 0 Å². The van der Waals surface area contributed by atoms with Crippen molar-refractivity contribution in [2.75, 3.05) is 13.2 Å². The van der Waals surface area contributed by atoms with Gasteiger partial charge in [-0.15, -0.1) is 0 Å². The minimum atomic E-state index is -0.478. The van der Waals surface area contributed by atoms with Gasteiger partial charge in [0.15, 0.2) is 0 Å². The molecule has 2 aromatic carbocycles. The van der Waals surface area contributed by atoms with Gasteiger partial charge >= 0.3 is 17.9 Å². The zero-order valence-corrected chi connectivity index (χ0v) is 22.0. The zero-order valence-electron chi connectivity index (χ0n) is 22.0. The minimum Gasteiger partial charge on any atom is -0.494 e. The largest absolute Gasteiger partial charge is 0.494 e. The monoisotopic (exact) mass is 522 g/mol. The van der Waals surface area contributed by atoms with Crippen LogP contribution in [0.2, 0.25) is 0 Å². The fraction of sp³-hybridized carbons (Fsp3) is 0.452. The van der Waals surface area contributed by atoms with Crippen LogP contribution in [0.25, 0.3) is 0 Å². The van der Waals surface area contributed by atoms with Crippen molar-refractivity contribution in [3.63, 3.8) is 0 Å². The molecule has 2 aromatic rings. The van der Waals surface area contributed by atoms with Gasteiger partial charge in [-0.3, -0.25) is 0 Å². The first-order valence-electron chi connectivity index (χ1n) is 13.6. The maximum Gasteiger partial charge on any atom is 0.343 e. The molecule has 3 rings (SSSR count). The van der Waals surface area contributed by atoms with Crippen molar-refractivity contribution in [1.29, 1.82) is 0 Å². The summed E-state index contributed by atoms with van der Waals surface area (Å²) in [6.07, 6.45) is 12.5. The minimum absolute atomic E-state index is 0.000962. The van der Waals surface area contributed by atoms with Crippen molar-refractivity contribution in [3.8, 4) is 11.5 Å². The number of carbonyl (C=O) groups is 3. The molecule has 0 saturated heterocycles. The number of benzene rings is 2. The summed E-state index contributed by atoms with van der Waals surface area (Å²) >= 11 is 0. The molecule has 1 saturated carbocycles. The standard InChI is InChI=1S/C31H38O7/c1-2-29(32)36-23-11-6-4-3-5-10-22-35-26-18-14-24(15-19-26)31(34)38-28-20-16-25(17-21-28)30(33)37-27-12-8-7-9-13-27/h2,14-21,27H,1,3-13,22-23H2. The molecule has 0 spiro atoms. The van der Waals surface area contributed by atoms with E-state index in [-0.39, 0.29) is 18.0 Å². The lowest BCUT2D eigenvalue weighted by atomic mass is 9.98. The Kier molecular flexibility index (Phi) is 12.4. The quantitative estimate of drug-likeness (QED) is 0.109. The highest BCUT2D eigenvalue weighted by atomic mass is 16.5. The van der Waals surface area contributed by atoms with E-state index in [1.165, 1.54) is 12.5 Å². The molecule has 1 aliphatic carbocycles. The molecule has 7 nitrogen and oxygen atoms in total. The number of carbonyl (C=O) groups excluding carboxylic acids is 3. The SMILES string of the molecule is C=CC(=O)OCCCCCCCCOc1ccc(C(=O)Oc2ccc(C(=O)OC3CCCCC3)cc2)cc1. The van der Waals surface area contributed by atoms with E-state index in [0.717, 1.165) is 64.2 Å². The Bertz CT molecular complexity index is 1020. The Hall–Kier alpha value is -3.61. The van der Waals surface area contributed by atoms with Crippen LogP contribution in [0, 0.1) is 0 Å². The van der Waals surface area contributed by atoms with Crippen molar-refractivity contribution in [1.82, 2.24) is 0 Å². The molecule has 0 radical (unpaired) electrons. The molecule has 0 aromatic heterocycles. The second-order valence-electron chi connectivity index (χ2n) is 9.45. The van der Waals surface area contributed by atoms with Gasteiger partial charge in [-0.25, -0.2) is 14.4 Å². The fourth-order valence-corrected chi connectivity index (χ4v) is 4.25. The highest BCUT2D eigenvalue weighted by Crippen LogP contribution is 2.22. The third-order valence-corrected chi connectivity index (χ3v) is 6.43. The molecule has 1 aliphatic rings. The molecule has 7 heteroatoms. The van der Waals surface area contributed by atoms with Crippen molar-refractivity contribution in [2.24, 2.45) is 0 Å². The topological polar surface area (TPSA) is 88.1 Å². The van der Waals surface area contributed by atoms with Gasteiger partial charge in [0.2, 0.25) is 0 Å². The van der Waals surface area contributed by atoms with E-state index in [1.54, 1.807) is 48.5 Å². The molecule has 0 bridgehead atoms. The number of hydrogen-bond donors (Lipinski definition) is 0. The van der Waals surface area contributed by atoms with Crippen molar-refractivity contribution in [2.45, 2.75) is 76.7 Å². The Morgan fingerprint density at radius 3 is 1.89 bits per heavy atom. The van der Waals surface area contributed by atoms with Crippen molar-refractivity contribution < 1.29 is 33.3 Å². The summed E-state index contributed by atoms with van der Waals surface area (Å²) in [4.78, 5) is 35.8. The summed E-state index contributed by atoms with van der Waals surface area (Å²) in [5, 5.41) is 0. The average molecular weight is 523 g/mol. The summed E-state index contributed by atoms with van der Waals surface area (Å²) in [6, 6.07) is 13.3. The summed E-state index contributed by atoms with van der Waals surface area (Å²) in [5.74, 6) is -0.123. The first-order chi connectivity index (χ1) is 18.5. The predicted octanol–water partition coefficient (Wildman–Crippen LogP) is 6.84. The molecule has 1 fully saturated rings. The lowest BCUT2D eigenvalue weighted by molar-refractivity contribution is -0.137. The zero-order chi connectivity index (χ0) is 27.0. The lowest BCUT2D eigenvalue weighted by Gasteiger charge is -2.21. The van der Waals surface area contributed by atoms with Gasteiger partial charge in [0, 0.05) is 6.08 Å². The Morgan fingerprint density at radius 2 is 1.26 bits per heavy atom. The third-order valence-electron chi connectivity index (χ3n) is 6.43. The molecule has 0 amide bonds. The molecule has 0 atom stereocenters. The van der Waals surface area contributed by atoms with Crippen LogP contribution in [-0.2, 0) is 14.3 Å². The van der Waals surface area contributed by atoms with E-state index in [4.69, 9.17) is 18.9 Å². The van der Waals surface area contributed by atoms with Crippen LogP contribution in [0.5, 0.6) is 11.5 Å². The highest BCUT2D eigenvalue weighted by Gasteiger charge is 2.19. The molecular weight excluding hydrogens is 484 g/mol. The van der Waals surface area contributed by atoms with Crippen LogP contribution in [0.4, 0.5) is 0 Å².